The van der Waals surface area contributed by atoms with Crippen LogP contribution in [-0.2, 0) is 16.0 Å². The minimum atomic E-state index is -0.432. The molecular weight excluding hydrogens is 338 g/mol. The SMILES string of the molecule is Cc1nc(CN2CCCCC2)sc1C(=O)N1CCC2(CC1)OCCO2. The van der Waals surface area contributed by atoms with Crippen molar-refractivity contribution in [3.8, 4) is 0 Å². The number of rotatable bonds is 3. The van der Waals surface area contributed by atoms with Crippen molar-refractivity contribution in [3.63, 3.8) is 0 Å². The minimum Gasteiger partial charge on any atom is -0.347 e. The Morgan fingerprint density at radius 3 is 2.48 bits per heavy atom. The fraction of sp³-hybridized carbons (Fsp3) is 0.778. The van der Waals surface area contributed by atoms with Gasteiger partial charge in [0.25, 0.3) is 5.91 Å². The molecule has 0 aliphatic carbocycles. The lowest BCUT2D eigenvalue weighted by Crippen LogP contribution is -2.47. The number of hydrogen-bond acceptors (Lipinski definition) is 6. The van der Waals surface area contributed by atoms with E-state index < -0.39 is 5.79 Å². The van der Waals surface area contributed by atoms with Gasteiger partial charge in [0.15, 0.2) is 5.79 Å². The van der Waals surface area contributed by atoms with Gasteiger partial charge in [-0.25, -0.2) is 4.98 Å². The van der Waals surface area contributed by atoms with Gasteiger partial charge < -0.3 is 14.4 Å². The first-order chi connectivity index (χ1) is 12.2. The minimum absolute atomic E-state index is 0.118. The van der Waals surface area contributed by atoms with Gasteiger partial charge in [-0.1, -0.05) is 6.42 Å². The number of carbonyl (C=O) groups excluding carboxylic acids is 1. The van der Waals surface area contributed by atoms with Crippen LogP contribution in [0.4, 0.5) is 0 Å². The second-order valence-corrected chi connectivity index (χ2v) is 8.34. The summed E-state index contributed by atoms with van der Waals surface area (Å²) in [6.07, 6.45) is 5.40. The first-order valence-electron chi connectivity index (χ1n) is 9.41. The molecule has 25 heavy (non-hydrogen) atoms. The topological polar surface area (TPSA) is 54.9 Å². The molecule has 3 fully saturated rings. The summed E-state index contributed by atoms with van der Waals surface area (Å²) in [6.45, 7) is 7.85. The molecule has 4 heterocycles. The number of amides is 1. The number of hydrogen-bond donors (Lipinski definition) is 0. The number of thiazole rings is 1. The molecule has 3 aliphatic heterocycles. The molecule has 3 saturated heterocycles. The highest BCUT2D eigenvalue weighted by molar-refractivity contribution is 7.13. The van der Waals surface area contributed by atoms with Gasteiger partial charge in [-0.05, 0) is 32.9 Å². The first-order valence-corrected chi connectivity index (χ1v) is 10.2. The zero-order chi connectivity index (χ0) is 17.3. The summed E-state index contributed by atoms with van der Waals surface area (Å²) in [4.78, 5) is 22.8. The number of aromatic nitrogens is 1. The molecule has 1 aromatic heterocycles. The van der Waals surface area contributed by atoms with Crippen LogP contribution in [0.1, 0.15) is 52.5 Å². The molecule has 138 valence electrons. The van der Waals surface area contributed by atoms with Crippen LogP contribution < -0.4 is 0 Å². The predicted molar refractivity (Wildman–Crippen MR) is 95.8 cm³/mol. The quantitative estimate of drug-likeness (QED) is 0.823. The third-order valence-corrected chi connectivity index (χ3v) is 6.60. The molecule has 0 N–H and O–H groups in total. The van der Waals surface area contributed by atoms with Crippen molar-refractivity contribution >= 4 is 17.2 Å². The third kappa shape index (κ3) is 3.74. The van der Waals surface area contributed by atoms with Crippen LogP contribution in [0.15, 0.2) is 0 Å². The molecule has 7 heteroatoms. The van der Waals surface area contributed by atoms with Gasteiger partial charge in [-0.2, -0.15) is 0 Å². The number of carbonyl (C=O) groups is 1. The van der Waals surface area contributed by atoms with Gasteiger partial charge in [-0.3, -0.25) is 9.69 Å². The Bertz CT molecular complexity index is 611. The van der Waals surface area contributed by atoms with Crippen molar-refractivity contribution in [2.75, 3.05) is 39.4 Å². The van der Waals surface area contributed by atoms with Crippen LogP contribution in [0.25, 0.3) is 0 Å². The highest BCUT2D eigenvalue weighted by Gasteiger charge is 2.41. The second kappa shape index (κ2) is 7.31. The number of likely N-dealkylation sites (tertiary alicyclic amines) is 2. The van der Waals surface area contributed by atoms with Crippen molar-refractivity contribution in [1.29, 1.82) is 0 Å². The van der Waals surface area contributed by atoms with Crippen molar-refractivity contribution < 1.29 is 14.3 Å². The van der Waals surface area contributed by atoms with Crippen LogP contribution in [-0.4, -0.2) is 65.9 Å². The maximum atomic E-state index is 12.9. The lowest BCUT2D eigenvalue weighted by atomic mass is 10.0. The van der Waals surface area contributed by atoms with Crippen molar-refractivity contribution in [1.82, 2.24) is 14.8 Å². The maximum Gasteiger partial charge on any atom is 0.265 e. The van der Waals surface area contributed by atoms with Gasteiger partial charge in [0, 0.05) is 25.9 Å². The molecule has 1 amide bonds. The average Bonchev–Trinajstić information content (AvgIpc) is 3.23. The maximum absolute atomic E-state index is 12.9. The van der Waals surface area contributed by atoms with Gasteiger partial charge in [0.05, 0.1) is 25.5 Å². The van der Waals surface area contributed by atoms with Crippen LogP contribution in [0, 0.1) is 6.92 Å². The van der Waals surface area contributed by atoms with Crippen molar-refractivity contribution in [2.45, 2.75) is 51.4 Å². The van der Waals surface area contributed by atoms with E-state index in [1.165, 1.54) is 19.3 Å². The smallest absolute Gasteiger partial charge is 0.265 e. The fourth-order valence-corrected chi connectivity index (χ4v) is 5.08. The lowest BCUT2D eigenvalue weighted by Gasteiger charge is -2.37. The Morgan fingerprint density at radius 1 is 1.12 bits per heavy atom. The highest BCUT2D eigenvalue weighted by atomic mass is 32.1. The van der Waals surface area contributed by atoms with E-state index in [1.54, 1.807) is 11.3 Å². The van der Waals surface area contributed by atoms with E-state index in [2.05, 4.69) is 9.88 Å². The Balaban J connectivity index is 1.38. The standard InChI is InChI=1S/C18H27N3O3S/c1-14-16(25-15(19-14)13-20-7-3-2-4-8-20)17(22)21-9-5-18(6-10-21)23-11-12-24-18/h2-13H2,1H3. The summed E-state index contributed by atoms with van der Waals surface area (Å²) in [7, 11) is 0. The van der Waals surface area contributed by atoms with Crippen LogP contribution in [0.3, 0.4) is 0 Å². The van der Waals surface area contributed by atoms with Crippen LogP contribution in [0.2, 0.25) is 0 Å². The molecule has 0 atom stereocenters. The summed E-state index contributed by atoms with van der Waals surface area (Å²) < 4.78 is 11.5. The summed E-state index contributed by atoms with van der Waals surface area (Å²) in [5.41, 5.74) is 0.871. The molecule has 0 unspecified atom stereocenters. The third-order valence-electron chi connectivity index (χ3n) is 5.47. The molecule has 6 nitrogen and oxygen atoms in total. The van der Waals surface area contributed by atoms with Crippen molar-refractivity contribution in [3.05, 3.63) is 15.6 Å². The summed E-state index contributed by atoms with van der Waals surface area (Å²) >= 11 is 1.57. The van der Waals surface area contributed by atoms with E-state index in [9.17, 15) is 4.79 Å². The average molecular weight is 365 g/mol. The predicted octanol–water partition coefficient (Wildman–Crippen LogP) is 2.42. The van der Waals surface area contributed by atoms with E-state index >= 15 is 0 Å². The molecular formula is C18H27N3O3S. The zero-order valence-corrected chi connectivity index (χ0v) is 15.8. The largest absolute Gasteiger partial charge is 0.347 e. The Labute approximate surface area is 153 Å². The molecule has 4 rings (SSSR count). The fourth-order valence-electron chi connectivity index (χ4n) is 4.01. The second-order valence-electron chi connectivity index (χ2n) is 7.26. The molecule has 0 bridgehead atoms. The van der Waals surface area contributed by atoms with Crippen molar-refractivity contribution in [2.24, 2.45) is 0 Å². The first kappa shape index (κ1) is 17.4. The number of piperidine rings is 2. The number of aryl methyl sites for hydroxylation is 1. The molecule has 0 radical (unpaired) electrons. The molecule has 1 spiro atoms. The Morgan fingerprint density at radius 2 is 1.80 bits per heavy atom. The highest BCUT2D eigenvalue weighted by Crippen LogP contribution is 2.32. The Hall–Kier alpha value is -1.02. The van der Waals surface area contributed by atoms with Gasteiger partial charge in [0.1, 0.15) is 9.88 Å². The molecule has 0 saturated carbocycles. The zero-order valence-electron chi connectivity index (χ0n) is 15.0. The van der Waals surface area contributed by atoms with Crippen LogP contribution >= 0.6 is 11.3 Å². The summed E-state index contributed by atoms with van der Waals surface area (Å²) in [6, 6.07) is 0. The number of ether oxygens (including phenoxy) is 2. The summed E-state index contributed by atoms with van der Waals surface area (Å²) in [5, 5.41) is 1.07. The lowest BCUT2D eigenvalue weighted by molar-refractivity contribution is -0.181. The molecule has 1 aromatic rings. The van der Waals surface area contributed by atoms with E-state index in [-0.39, 0.29) is 5.91 Å². The van der Waals surface area contributed by atoms with Gasteiger partial charge in [-0.15, -0.1) is 11.3 Å². The van der Waals surface area contributed by atoms with E-state index in [0.29, 0.717) is 26.3 Å². The van der Waals surface area contributed by atoms with E-state index in [0.717, 1.165) is 48.1 Å². The van der Waals surface area contributed by atoms with E-state index in [4.69, 9.17) is 9.47 Å². The normalized spacial score (nSPS) is 24.1. The molecule has 3 aliphatic rings. The van der Waals surface area contributed by atoms with Gasteiger partial charge in [0.2, 0.25) is 0 Å². The summed E-state index contributed by atoms with van der Waals surface area (Å²) in [5.74, 6) is -0.313. The number of nitrogens with zero attached hydrogens (tertiary/aromatic N) is 3. The van der Waals surface area contributed by atoms with E-state index in [1.807, 2.05) is 11.8 Å². The van der Waals surface area contributed by atoms with Gasteiger partial charge >= 0.3 is 0 Å². The Kier molecular flexibility index (Phi) is 5.08. The monoisotopic (exact) mass is 365 g/mol. The van der Waals surface area contributed by atoms with Crippen LogP contribution in [0.5, 0.6) is 0 Å². The molecule has 0 aromatic carbocycles.